The van der Waals surface area contributed by atoms with Gasteiger partial charge in [-0.3, -0.25) is 0 Å². The zero-order chi connectivity index (χ0) is 19.0. The minimum Gasteiger partial charge on any atom is -0.406 e. The first kappa shape index (κ1) is 20.2. The van der Waals surface area contributed by atoms with Crippen LogP contribution < -0.4 is 10.4 Å². The van der Waals surface area contributed by atoms with Crippen LogP contribution in [-0.4, -0.2) is 26.1 Å². The standard InChI is InChI=1S/C23H28O2Si/c1-5-20(24)14-12-13-19-25-26(23(2,3)4,21-15-8-6-9-16-21)22-17-10-7-11-18-22/h5-11,15-18,20,24H,1,13,19H2,2-4H3. The zero-order valence-electron chi connectivity index (χ0n) is 15.9. The molecule has 0 radical (unpaired) electrons. The minimum absolute atomic E-state index is 0.0379. The third-order valence-electron chi connectivity index (χ3n) is 4.44. The van der Waals surface area contributed by atoms with Gasteiger partial charge in [-0.25, -0.2) is 0 Å². The van der Waals surface area contributed by atoms with Crippen LogP contribution in [0.5, 0.6) is 0 Å². The number of aliphatic hydroxyl groups is 1. The van der Waals surface area contributed by atoms with Crippen molar-refractivity contribution in [2.45, 2.75) is 38.3 Å². The van der Waals surface area contributed by atoms with Crippen LogP contribution >= 0.6 is 0 Å². The van der Waals surface area contributed by atoms with E-state index in [4.69, 9.17) is 4.43 Å². The number of rotatable bonds is 6. The zero-order valence-corrected chi connectivity index (χ0v) is 16.9. The summed E-state index contributed by atoms with van der Waals surface area (Å²) in [6, 6.07) is 21.1. The van der Waals surface area contributed by atoms with E-state index in [2.05, 4.69) is 87.7 Å². The van der Waals surface area contributed by atoms with Gasteiger partial charge in [0.15, 0.2) is 0 Å². The lowest BCUT2D eigenvalue weighted by Gasteiger charge is -2.43. The number of aliphatic hydroxyl groups excluding tert-OH is 1. The monoisotopic (exact) mass is 364 g/mol. The van der Waals surface area contributed by atoms with E-state index in [0.29, 0.717) is 13.0 Å². The van der Waals surface area contributed by atoms with E-state index in [-0.39, 0.29) is 5.04 Å². The van der Waals surface area contributed by atoms with Crippen LogP contribution in [0.15, 0.2) is 73.3 Å². The van der Waals surface area contributed by atoms with E-state index < -0.39 is 14.4 Å². The molecule has 26 heavy (non-hydrogen) atoms. The fraction of sp³-hybridized carbons (Fsp3) is 0.304. The Morgan fingerprint density at radius 3 is 1.96 bits per heavy atom. The van der Waals surface area contributed by atoms with Crippen molar-refractivity contribution >= 4 is 18.7 Å². The molecule has 2 rings (SSSR count). The molecule has 0 spiro atoms. The van der Waals surface area contributed by atoms with Crippen molar-refractivity contribution in [3.8, 4) is 11.8 Å². The highest BCUT2D eigenvalue weighted by Crippen LogP contribution is 2.36. The second-order valence-corrected chi connectivity index (χ2v) is 11.6. The molecule has 1 atom stereocenters. The minimum atomic E-state index is -2.49. The Morgan fingerprint density at radius 1 is 1.04 bits per heavy atom. The summed E-state index contributed by atoms with van der Waals surface area (Å²) in [6.45, 7) is 10.8. The predicted octanol–water partition coefficient (Wildman–Crippen LogP) is 3.50. The van der Waals surface area contributed by atoms with Crippen molar-refractivity contribution in [1.29, 1.82) is 0 Å². The summed E-state index contributed by atoms with van der Waals surface area (Å²) >= 11 is 0. The molecule has 0 aliphatic carbocycles. The Labute approximate surface area is 158 Å². The number of hydrogen-bond acceptors (Lipinski definition) is 2. The summed E-state index contributed by atoms with van der Waals surface area (Å²) in [6.07, 6.45) is 1.23. The van der Waals surface area contributed by atoms with E-state index in [1.807, 2.05) is 12.1 Å². The first-order chi connectivity index (χ1) is 12.4. The molecule has 0 amide bonds. The summed E-state index contributed by atoms with van der Waals surface area (Å²) in [5.74, 6) is 5.75. The summed E-state index contributed by atoms with van der Waals surface area (Å²) < 4.78 is 6.71. The molecule has 2 aromatic rings. The van der Waals surface area contributed by atoms with Crippen molar-refractivity contribution in [3.63, 3.8) is 0 Å². The van der Waals surface area contributed by atoms with E-state index in [0.717, 1.165) is 0 Å². The lowest BCUT2D eigenvalue weighted by molar-refractivity contribution is 0.280. The molecule has 0 bridgehead atoms. The van der Waals surface area contributed by atoms with Gasteiger partial charge < -0.3 is 9.53 Å². The van der Waals surface area contributed by atoms with Gasteiger partial charge >= 0.3 is 0 Å². The average molecular weight is 365 g/mol. The van der Waals surface area contributed by atoms with Gasteiger partial charge in [0.25, 0.3) is 8.32 Å². The third-order valence-corrected chi connectivity index (χ3v) is 9.48. The SMILES string of the molecule is C=CC(O)C#CCCO[Si](c1ccccc1)(c1ccccc1)C(C)(C)C. The van der Waals surface area contributed by atoms with E-state index >= 15 is 0 Å². The van der Waals surface area contributed by atoms with Gasteiger partial charge in [-0.2, -0.15) is 0 Å². The first-order valence-corrected chi connectivity index (χ1v) is 10.9. The third kappa shape index (κ3) is 4.53. The summed E-state index contributed by atoms with van der Waals surface area (Å²) in [5, 5.41) is 12.0. The molecule has 2 nitrogen and oxygen atoms in total. The van der Waals surface area contributed by atoms with Crippen molar-refractivity contribution in [2.75, 3.05) is 6.61 Å². The van der Waals surface area contributed by atoms with Gasteiger partial charge in [-0.1, -0.05) is 106 Å². The number of hydrogen-bond donors (Lipinski definition) is 1. The lowest BCUT2D eigenvalue weighted by Crippen LogP contribution is -2.66. The molecule has 3 heteroatoms. The Hall–Kier alpha value is -2.12. The topological polar surface area (TPSA) is 29.5 Å². The molecule has 1 unspecified atom stereocenters. The van der Waals surface area contributed by atoms with Gasteiger partial charge in [0.1, 0.15) is 6.10 Å². The normalized spacial score (nSPS) is 12.8. The molecule has 0 aromatic heterocycles. The van der Waals surface area contributed by atoms with Crippen LogP contribution in [0.4, 0.5) is 0 Å². The second kappa shape index (κ2) is 9.00. The molecule has 0 saturated carbocycles. The van der Waals surface area contributed by atoms with Crippen LogP contribution in [0.2, 0.25) is 5.04 Å². The molecule has 0 fully saturated rings. The highest BCUT2D eigenvalue weighted by atomic mass is 28.4. The quantitative estimate of drug-likeness (QED) is 0.368. The van der Waals surface area contributed by atoms with Gasteiger partial charge in [-0.05, 0) is 15.4 Å². The van der Waals surface area contributed by atoms with E-state index in [1.54, 1.807) is 0 Å². The van der Waals surface area contributed by atoms with Crippen molar-refractivity contribution in [1.82, 2.24) is 0 Å². The molecule has 0 saturated heterocycles. The fourth-order valence-corrected chi connectivity index (χ4v) is 7.82. The molecule has 0 aliphatic heterocycles. The molecule has 1 N–H and O–H groups in total. The molecule has 136 valence electrons. The first-order valence-electron chi connectivity index (χ1n) is 8.96. The Kier molecular flexibility index (Phi) is 6.99. The van der Waals surface area contributed by atoms with Crippen LogP contribution in [0.1, 0.15) is 27.2 Å². The Morgan fingerprint density at radius 2 is 1.54 bits per heavy atom. The molecule has 0 aliphatic rings. The lowest BCUT2D eigenvalue weighted by atomic mass is 10.2. The van der Waals surface area contributed by atoms with Gasteiger partial charge in [0, 0.05) is 13.0 Å². The van der Waals surface area contributed by atoms with Gasteiger partial charge in [0.05, 0.1) is 0 Å². The van der Waals surface area contributed by atoms with Crippen molar-refractivity contribution in [2.24, 2.45) is 0 Å². The average Bonchev–Trinajstić information content (AvgIpc) is 2.65. The maximum Gasteiger partial charge on any atom is 0.261 e. The predicted molar refractivity (Wildman–Crippen MR) is 112 cm³/mol. The smallest absolute Gasteiger partial charge is 0.261 e. The number of benzene rings is 2. The van der Waals surface area contributed by atoms with Crippen LogP contribution in [-0.2, 0) is 4.43 Å². The summed E-state index contributed by atoms with van der Waals surface area (Å²) in [5.41, 5.74) is 0. The highest BCUT2D eigenvalue weighted by Gasteiger charge is 2.49. The fourth-order valence-electron chi connectivity index (χ4n) is 3.25. The maximum atomic E-state index is 9.48. The van der Waals surface area contributed by atoms with Gasteiger partial charge in [0.2, 0.25) is 0 Å². The van der Waals surface area contributed by atoms with E-state index in [1.165, 1.54) is 16.4 Å². The van der Waals surface area contributed by atoms with Crippen molar-refractivity contribution in [3.05, 3.63) is 73.3 Å². The summed E-state index contributed by atoms with van der Waals surface area (Å²) in [7, 11) is -2.49. The van der Waals surface area contributed by atoms with Gasteiger partial charge in [-0.15, -0.1) is 0 Å². The highest BCUT2D eigenvalue weighted by molar-refractivity contribution is 6.99. The Balaban J connectivity index is 2.40. The molecule has 0 heterocycles. The van der Waals surface area contributed by atoms with Crippen LogP contribution in [0, 0.1) is 11.8 Å². The largest absolute Gasteiger partial charge is 0.406 e. The van der Waals surface area contributed by atoms with Crippen LogP contribution in [0.3, 0.4) is 0 Å². The molecular formula is C23H28O2Si. The molecular weight excluding hydrogens is 336 g/mol. The Bertz CT molecular complexity index is 712. The second-order valence-electron chi connectivity index (χ2n) is 7.26. The van der Waals surface area contributed by atoms with Crippen LogP contribution in [0.25, 0.3) is 0 Å². The molecule has 2 aromatic carbocycles. The summed E-state index contributed by atoms with van der Waals surface area (Å²) in [4.78, 5) is 0. The van der Waals surface area contributed by atoms with E-state index in [9.17, 15) is 5.11 Å². The maximum absolute atomic E-state index is 9.48. The van der Waals surface area contributed by atoms with Crippen molar-refractivity contribution < 1.29 is 9.53 Å².